The number of pyridine rings is 1. The molecule has 15 heavy (non-hydrogen) atoms. The van der Waals surface area contributed by atoms with Gasteiger partial charge in [-0.25, -0.2) is 9.97 Å². The Bertz CT molecular complexity index is 465. The Balaban J connectivity index is 2.19. The van der Waals surface area contributed by atoms with E-state index >= 15 is 0 Å². The second-order valence-electron chi connectivity index (χ2n) is 2.96. The average molecular weight is 198 g/mol. The Morgan fingerprint density at radius 2 is 2.07 bits per heavy atom. The number of nitrogen functional groups attached to an aromatic ring is 1. The lowest BCUT2D eigenvalue weighted by molar-refractivity contribution is 1.17. The van der Waals surface area contributed by atoms with E-state index in [0.29, 0.717) is 0 Å². The van der Waals surface area contributed by atoms with Crippen LogP contribution in [0, 0.1) is 0 Å². The van der Waals surface area contributed by atoms with Gasteiger partial charge in [-0.2, -0.15) is 0 Å². The topological polar surface area (TPSA) is 64.7 Å². The molecule has 4 heteroatoms. The molecule has 4 nitrogen and oxygen atoms in total. The van der Waals surface area contributed by atoms with Crippen LogP contribution in [0.3, 0.4) is 0 Å². The van der Waals surface area contributed by atoms with Gasteiger partial charge in [-0.3, -0.25) is 4.98 Å². The smallest absolute Gasteiger partial charge is 0.220 e. The summed E-state index contributed by atoms with van der Waals surface area (Å²) in [6.45, 7) is 0. The molecule has 0 saturated heterocycles. The number of nitrogens with zero attached hydrogens (tertiary/aromatic N) is 3. The molecular weight excluding hydrogens is 188 g/mol. The lowest BCUT2D eigenvalue weighted by atomic mass is 10.2. The Labute approximate surface area is 87.5 Å². The van der Waals surface area contributed by atoms with Gasteiger partial charge in [0.05, 0.1) is 5.69 Å². The third-order valence-corrected chi connectivity index (χ3v) is 1.83. The Morgan fingerprint density at radius 1 is 1.13 bits per heavy atom. The summed E-state index contributed by atoms with van der Waals surface area (Å²) in [5.74, 6) is 0.281. The minimum Gasteiger partial charge on any atom is -0.368 e. The Morgan fingerprint density at radius 3 is 2.80 bits per heavy atom. The third-order valence-electron chi connectivity index (χ3n) is 1.83. The van der Waals surface area contributed by atoms with Crippen LogP contribution in [-0.4, -0.2) is 15.0 Å². The highest BCUT2D eigenvalue weighted by Gasteiger charge is 1.90. The summed E-state index contributed by atoms with van der Waals surface area (Å²) in [6, 6.07) is 5.64. The van der Waals surface area contributed by atoms with Crippen LogP contribution in [-0.2, 0) is 0 Å². The quantitative estimate of drug-likeness (QED) is 0.796. The van der Waals surface area contributed by atoms with E-state index in [0.717, 1.165) is 11.3 Å². The monoisotopic (exact) mass is 198 g/mol. The van der Waals surface area contributed by atoms with Crippen LogP contribution < -0.4 is 5.73 Å². The van der Waals surface area contributed by atoms with Gasteiger partial charge in [0.2, 0.25) is 5.95 Å². The fourth-order valence-corrected chi connectivity index (χ4v) is 1.14. The van der Waals surface area contributed by atoms with Crippen molar-refractivity contribution in [1.29, 1.82) is 0 Å². The molecular formula is C11H10N4. The molecule has 0 amide bonds. The molecule has 0 fully saturated rings. The molecule has 0 saturated carbocycles. The van der Waals surface area contributed by atoms with Crippen LogP contribution in [0.25, 0.3) is 12.2 Å². The third kappa shape index (κ3) is 2.60. The largest absolute Gasteiger partial charge is 0.368 e. The lowest BCUT2D eigenvalue weighted by Gasteiger charge is -1.94. The Kier molecular flexibility index (Phi) is 2.69. The summed E-state index contributed by atoms with van der Waals surface area (Å²) in [7, 11) is 0. The molecule has 0 spiro atoms. The van der Waals surface area contributed by atoms with Crippen molar-refractivity contribution in [2.24, 2.45) is 0 Å². The van der Waals surface area contributed by atoms with E-state index in [9.17, 15) is 0 Å². The summed E-state index contributed by atoms with van der Waals surface area (Å²) in [5, 5.41) is 0. The summed E-state index contributed by atoms with van der Waals surface area (Å²) < 4.78 is 0. The first kappa shape index (κ1) is 9.33. The second kappa shape index (κ2) is 4.32. The predicted octanol–water partition coefficient (Wildman–Crippen LogP) is 1.62. The Hall–Kier alpha value is -2.23. The van der Waals surface area contributed by atoms with E-state index < -0.39 is 0 Å². The maximum Gasteiger partial charge on any atom is 0.220 e. The van der Waals surface area contributed by atoms with Gasteiger partial charge in [0.15, 0.2) is 0 Å². The number of nitrogens with two attached hydrogens (primary N) is 1. The van der Waals surface area contributed by atoms with Crippen molar-refractivity contribution >= 4 is 18.1 Å². The number of hydrogen-bond donors (Lipinski definition) is 1. The summed E-state index contributed by atoms with van der Waals surface area (Å²) >= 11 is 0. The van der Waals surface area contributed by atoms with Crippen molar-refractivity contribution in [2.45, 2.75) is 0 Å². The van der Waals surface area contributed by atoms with E-state index in [1.807, 2.05) is 24.3 Å². The van der Waals surface area contributed by atoms with Crippen LogP contribution in [0.5, 0.6) is 0 Å². The second-order valence-corrected chi connectivity index (χ2v) is 2.96. The molecule has 2 rings (SSSR count). The van der Waals surface area contributed by atoms with Gasteiger partial charge in [-0.1, -0.05) is 12.1 Å². The SMILES string of the molecule is Nc1nccc(/C=C/c2cccnc2)n1. The van der Waals surface area contributed by atoms with Crippen molar-refractivity contribution in [3.63, 3.8) is 0 Å². The van der Waals surface area contributed by atoms with Crippen LogP contribution in [0.4, 0.5) is 5.95 Å². The van der Waals surface area contributed by atoms with Gasteiger partial charge in [0.25, 0.3) is 0 Å². The number of anilines is 1. The van der Waals surface area contributed by atoms with Gasteiger partial charge in [0.1, 0.15) is 0 Å². The van der Waals surface area contributed by atoms with Crippen LogP contribution in [0.1, 0.15) is 11.3 Å². The molecule has 0 bridgehead atoms. The minimum atomic E-state index is 0.281. The summed E-state index contributed by atoms with van der Waals surface area (Å²) in [6.07, 6.45) is 8.94. The number of hydrogen-bond acceptors (Lipinski definition) is 4. The van der Waals surface area contributed by atoms with Gasteiger partial charge < -0.3 is 5.73 Å². The first-order valence-corrected chi connectivity index (χ1v) is 4.51. The van der Waals surface area contributed by atoms with E-state index in [1.165, 1.54) is 0 Å². The van der Waals surface area contributed by atoms with Crippen LogP contribution >= 0.6 is 0 Å². The zero-order valence-corrected chi connectivity index (χ0v) is 8.04. The minimum absolute atomic E-state index is 0.281. The van der Waals surface area contributed by atoms with Gasteiger partial charge in [0, 0.05) is 18.6 Å². The van der Waals surface area contributed by atoms with Gasteiger partial charge in [-0.05, 0) is 23.8 Å². The van der Waals surface area contributed by atoms with E-state index in [-0.39, 0.29) is 5.95 Å². The lowest BCUT2D eigenvalue weighted by Crippen LogP contribution is -1.94. The summed E-state index contributed by atoms with van der Waals surface area (Å²) in [5.41, 5.74) is 7.27. The van der Waals surface area contributed by atoms with E-state index in [4.69, 9.17) is 5.73 Å². The van der Waals surface area contributed by atoms with Crippen LogP contribution in [0.15, 0.2) is 36.8 Å². The van der Waals surface area contributed by atoms with Crippen molar-refractivity contribution < 1.29 is 0 Å². The maximum absolute atomic E-state index is 5.46. The van der Waals surface area contributed by atoms with Crippen molar-refractivity contribution in [2.75, 3.05) is 5.73 Å². The molecule has 0 aliphatic carbocycles. The molecule has 2 N–H and O–H groups in total. The first-order chi connectivity index (χ1) is 7.34. The number of aromatic nitrogens is 3. The van der Waals surface area contributed by atoms with E-state index in [2.05, 4.69) is 15.0 Å². The molecule has 0 unspecified atom stereocenters. The van der Waals surface area contributed by atoms with Gasteiger partial charge in [-0.15, -0.1) is 0 Å². The standard InChI is InChI=1S/C11H10N4/c12-11-14-7-5-10(15-11)4-3-9-2-1-6-13-8-9/h1-8H,(H2,12,14,15)/b4-3+. The van der Waals surface area contributed by atoms with Gasteiger partial charge >= 0.3 is 0 Å². The molecule has 0 radical (unpaired) electrons. The fourth-order valence-electron chi connectivity index (χ4n) is 1.14. The average Bonchev–Trinajstić information content (AvgIpc) is 2.28. The molecule has 2 heterocycles. The zero-order valence-electron chi connectivity index (χ0n) is 8.04. The molecule has 74 valence electrons. The van der Waals surface area contributed by atoms with Crippen molar-refractivity contribution in [3.05, 3.63) is 48.0 Å². The summed E-state index contributed by atoms with van der Waals surface area (Å²) in [4.78, 5) is 11.9. The highest BCUT2D eigenvalue weighted by molar-refractivity contribution is 5.67. The molecule has 2 aromatic rings. The zero-order chi connectivity index (χ0) is 10.5. The van der Waals surface area contributed by atoms with E-state index in [1.54, 1.807) is 24.7 Å². The molecule has 2 aromatic heterocycles. The molecule has 0 aliphatic heterocycles. The predicted molar refractivity (Wildman–Crippen MR) is 59.6 cm³/mol. The van der Waals surface area contributed by atoms with Crippen molar-refractivity contribution in [1.82, 2.24) is 15.0 Å². The maximum atomic E-state index is 5.46. The fraction of sp³-hybridized carbons (Fsp3) is 0. The normalized spacial score (nSPS) is 10.7. The van der Waals surface area contributed by atoms with Crippen LogP contribution in [0.2, 0.25) is 0 Å². The molecule has 0 aromatic carbocycles. The first-order valence-electron chi connectivity index (χ1n) is 4.51. The highest BCUT2D eigenvalue weighted by atomic mass is 15.0. The number of rotatable bonds is 2. The highest BCUT2D eigenvalue weighted by Crippen LogP contribution is 2.04. The molecule has 0 atom stereocenters. The van der Waals surface area contributed by atoms with Crippen molar-refractivity contribution in [3.8, 4) is 0 Å². The molecule has 0 aliphatic rings.